The number of hydrogen-bond donors (Lipinski definition) is 1. The fourth-order valence-corrected chi connectivity index (χ4v) is 7.45. The summed E-state index contributed by atoms with van der Waals surface area (Å²) >= 11 is 0. The topological polar surface area (TPSA) is 96.4 Å². The predicted molar refractivity (Wildman–Crippen MR) is 133 cm³/mol. The number of esters is 1. The molecule has 1 spiro atoms. The summed E-state index contributed by atoms with van der Waals surface area (Å²) in [5, 5.41) is 10.5. The Kier molecular flexibility index (Phi) is 6.79. The lowest BCUT2D eigenvalue weighted by Gasteiger charge is -2.43. The van der Waals surface area contributed by atoms with E-state index in [1.165, 1.54) is 6.42 Å². The van der Waals surface area contributed by atoms with Crippen molar-refractivity contribution in [3.63, 3.8) is 0 Å². The van der Waals surface area contributed by atoms with Crippen LogP contribution in [-0.4, -0.2) is 81.8 Å². The molecule has 3 fully saturated rings. The van der Waals surface area contributed by atoms with E-state index in [0.717, 1.165) is 32.1 Å². The molecule has 8 heteroatoms. The zero-order chi connectivity index (χ0) is 25.7. The maximum atomic E-state index is 14.5. The van der Waals surface area contributed by atoms with Crippen LogP contribution in [0.4, 0.5) is 0 Å². The average molecular weight is 501 g/mol. The molecule has 0 radical (unpaired) electrons. The summed E-state index contributed by atoms with van der Waals surface area (Å²) in [7, 11) is 0. The molecule has 198 valence electrons. The van der Waals surface area contributed by atoms with Crippen LogP contribution in [0.2, 0.25) is 0 Å². The molecular weight excluding hydrogens is 460 g/mol. The lowest BCUT2D eigenvalue weighted by molar-refractivity contribution is -0.163. The molecule has 4 heterocycles. The Morgan fingerprint density at radius 1 is 1.06 bits per heavy atom. The zero-order valence-electron chi connectivity index (χ0n) is 21.7. The first-order valence-electron chi connectivity index (χ1n) is 13.8. The highest BCUT2D eigenvalue weighted by Gasteiger charge is 2.76. The van der Waals surface area contributed by atoms with Crippen LogP contribution in [0.1, 0.15) is 65.7 Å². The van der Waals surface area contributed by atoms with Crippen LogP contribution in [-0.2, 0) is 23.9 Å². The minimum atomic E-state index is -1.29. The van der Waals surface area contributed by atoms with Crippen LogP contribution in [0.3, 0.4) is 0 Å². The molecule has 8 nitrogen and oxygen atoms in total. The summed E-state index contributed by atoms with van der Waals surface area (Å²) in [6.07, 6.45) is 13.9. The number of rotatable bonds is 6. The maximum absolute atomic E-state index is 14.5. The lowest BCUT2D eigenvalue weighted by Crippen LogP contribution is -2.61. The first kappa shape index (κ1) is 25.5. The standard InChI is InChI=1S/C28H40N2O6/c1-4-18(3)20(17-31)30-23-25(33)29(19-11-7-6-8-12-19)15-9-14-28(23)21(24(30)32)22-26(34)35-16-10-13-27(22,5-2)36-28/h9-10,13-14,18-23,31H,4-8,11-12,15-17H2,1-3H3/t18-,20-,21-,22-,23?,27+,28-/m0/s1. The maximum Gasteiger partial charge on any atom is 0.313 e. The monoisotopic (exact) mass is 500 g/mol. The van der Waals surface area contributed by atoms with E-state index in [4.69, 9.17) is 9.47 Å². The first-order chi connectivity index (χ1) is 17.3. The quantitative estimate of drug-likeness (QED) is 0.445. The van der Waals surface area contributed by atoms with Gasteiger partial charge in [-0.3, -0.25) is 14.4 Å². The van der Waals surface area contributed by atoms with Crippen molar-refractivity contribution in [2.75, 3.05) is 19.8 Å². The smallest absolute Gasteiger partial charge is 0.313 e. The Hall–Kier alpha value is -2.19. The number of likely N-dealkylation sites (tertiary alicyclic amines) is 1. The summed E-state index contributed by atoms with van der Waals surface area (Å²) in [4.78, 5) is 45.7. The van der Waals surface area contributed by atoms with Crippen molar-refractivity contribution < 1.29 is 29.0 Å². The Balaban J connectivity index is 1.66. The molecule has 0 aromatic carbocycles. The van der Waals surface area contributed by atoms with Crippen molar-refractivity contribution in [1.82, 2.24) is 9.80 Å². The van der Waals surface area contributed by atoms with E-state index in [2.05, 4.69) is 0 Å². The summed E-state index contributed by atoms with van der Waals surface area (Å²) in [6, 6.07) is -1.36. The molecule has 2 saturated heterocycles. The van der Waals surface area contributed by atoms with E-state index in [1.807, 2.05) is 43.9 Å². The van der Waals surface area contributed by atoms with Gasteiger partial charge in [0, 0.05) is 12.6 Å². The summed E-state index contributed by atoms with van der Waals surface area (Å²) < 4.78 is 12.4. The van der Waals surface area contributed by atoms with Crippen LogP contribution in [0.25, 0.3) is 0 Å². The van der Waals surface area contributed by atoms with Crippen LogP contribution in [0, 0.1) is 17.8 Å². The molecular formula is C28H40N2O6. The number of carbonyl (C=O) groups excluding carboxylic acids is 3. The SMILES string of the molecule is CC[C@H](C)[C@H](CO)N1C(=O)[C@@H]2[C@H]3C(=O)OCC=C[C@@]3(CC)O[C@@]23C=CCN(C2CCCCC2)C(=O)C13. The molecule has 2 amide bonds. The summed E-state index contributed by atoms with van der Waals surface area (Å²) in [5.74, 6) is -2.66. The lowest BCUT2D eigenvalue weighted by atomic mass is 9.73. The van der Waals surface area contributed by atoms with Gasteiger partial charge in [-0.05, 0) is 31.3 Å². The van der Waals surface area contributed by atoms with E-state index in [1.54, 1.807) is 11.0 Å². The summed E-state index contributed by atoms with van der Waals surface area (Å²) in [6.45, 7) is 6.28. The second-order valence-electron chi connectivity index (χ2n) is 11.2. The largest absolute Gasteiger partial charge is 0.461 e. The van der Waals surface area contributed by atoms with Crippen LogP contribution >= 0.6 is 0 Å². The number of ether oxygens (including phenoxy) is 2. The van der Waals surface area contributed by atoms with E-state index >= 15 is 0 Å². The van der Waals surface area contributed by atoms with Crippen molar-refractivity contribution >= 4 is 17.8 Å². The third-order valence-electron chi connectivity index (χ3n) is 9.53. The van der Waals surface area contributed by atoms with Gasteiger partial charge >= 0.3 is 5.97 Å². The van der Waals surface area contributed by atoms with Gasteiger partial charge in [0.1, 0.15) is 29.8 Å². The molecule has 1 N–H and O–H groups in total. The highest BCUT2D eigenvalue weighted by atomic mass is 16.6. The molecule has 5 rings (SSSR count). The number of hydrogen-bond acceptors (Lipinski definition) is 6. The van der Waals surface area contributed by atoms with Gasteiger partial charge in [0.15, 0.2) is 0 Å². The van der Waals surface area contributed by atoms with Crippen molar-refractivity contribution in [3.05, 3.63) is 24.3 Å². The van der Waals surface area contributed by atoms with Crippen molar-refractivity contribution in [3.8, 4) is 0 Å². The van der Waals surface area contributed by atoms with E-state index in [9.17, 15) is 19.5 Å². The van der Waals surface area contributed by atoms with Gasteiger partial charge in [0.05, 0.1) is 18.6 Å². The number of aliphatic hydroxyl groups excluding tert-OH is 1. The highest BCUT2D eigenvalue weighted by Crippen LogP contribution is 2.59. The molecule has 0 bridgehead atoms. The van der Waals surface area contributed by atoms with Crippen molar-refractivity contribution in [1.29, 1.82) is 0 Å². The predicted octanol–water partition coefficient (Wildman–Crippen LogP) is 2.60. The summed E-state index contributed by atoms with van der Waals surface area (Å²) in [5.41, 5.74) is -2.31. The Morgan fingerprint density at radius 3 is 2.47 bits per heavy atom. The highest BCUT2D eigenvalue weighted by molar-refractivity contribution is 5.99. The number of fused-ring (bicyclic) bond motifs is 2. The molecule has 5 aliphatic rings. The average Bonchev–Trinajstić information content (AvgIpc) is 3.17. The zero-order valence-corrected chi connectivity index (χ0v) is 21.7. The molecule has 36 heavy (non-hydrogen) atoms. The fourth-order valence-electron chi connectivity index (χ4n) is 7.45. The Bertz CT molecular complexity index is 958. The van der Waals surface area contributed by atoms with E-state index in [0.29, 0.717) is 13.0 Å². The van der Waals surface area contributed by atoms with Gasteiger partial charge < -0.3 is 24.4 Å². The Morgan fingerprint density at radius 2 is 1.81 bits per heavy atom. The number of cyclic esters (lactones) is 1. The van der Waals surface area contributed by atoms with Crippen molar-refractivity contribution in [2.24, 2.45) is 17.8 Å². The third-order valence-corrected chi connectivity index (χ3v) is 9.53. The normalized spacial score (nSPS) is 38.2. The number of aliphatic hydroxyl groups is 1. The second kappa shape index (κ2) is 9.60. The van der Waals surface area contributed by atoms with Crippen LogP contribution in [0.5, 0.6) is 0 Å². The van der Waals surface area contributed by atoms with E-state index in [-0.39, 0.29) is 37.0 Å². The third kappa shape index (κ3) is 3.58. The first-order valence-corrected chi connectivity index (χ1v) is 13.8. The minimum Gasteiger partial charge on any atom is -0.461 e. The Labute approximate surface area is 213 Å². The fraction of sp³-hybridized carbons (Fsp3) is 0.750. The molecule has 7 atom stereocenters. The van der Waals surface area contributed by atoms with Gasteiger partial charge in [-0.2, -0.15) is 0 Å². The van der Waals surface area contributed by atoms with Crippen LogP contribution < -0.4 is 0 Å². The van der Waals surface area contributed by atoms with E-state index < -0.39 is 41.1 Å². The van der Waals surface area contributed by atoms with Gasteiger partial charge in [-0.25, -0.2) is 0 Å². The molecule has 4 aliphatic heterocycles. The second-order valence-corrected chi connectivity index (χ2v) is 11.2. The minimum absolute atomic E-state index is 0.0325. The molecule has 1 aliphatic carbocycles. The number of amides is 2. The molecule has 0 aromatic rings. The number of nitrogens with zero attached hydrogens (tertiary/aromatic N) is 2. The van der Waals surface area contributed by atoms with Gasteiger partial charge in [-0.1, -0.05) is 64.7 Å². The number of carbonyl (C=O) groups is 3. The van der Waals surface area contributed by atoms with Gasteiger partial charge in [-0.15, -0.1) is 0 Å². The molecule has 0 aromatic heterocycles. The van der Waals surface area contributed by atoms with Gasteiger partial charge in [0.25, 0.3) is 0 Å². The molecule has 1 saturated carbocycles. The van der Waals surface area contributed by atoms with Crippen molar-refractivity contribution in [2.45, 2.75) is 95.0 Å². The van der Waals surface area contributed by atoms with Crippen LogP contribution in [0.15, 0.2) is 24.3 Å². The van der Waals surface area contributed by atoms with Gasteiger partial charge in [0.2, 0.25) is 11.8 Å². The molecule has 1 unspecified atom stereocenters.